The van der Waals surface area contributed by atoms with E-state index in [2.05, 4.69) is 16.0 Å². The predicted molar refractivity (Wildman–Crippen MR) is 75.8 cm³/mol. The highest BCUT2D eigenvalue weighted by molar-refractivity contribution is 4.92. The zero-order valence-corrected chi connectivity index (χ0v) is 11.6. The Morgan fingerprint density at radius 2 is 1.22 bits per heavy atom. The van der Waals surface area contributed by atoms with Crippen molar-refractivity contribution in [3.8, 4) is 0 Å². The Morgan fingerprint density at radius 3 is 1.89 bits per heavy atom. The van der Waals surface area contributed by atoms with Crippen molar-refractivity contribution in [3.63, 3.8) is 0 Å². The number of hydrogen-bond donors (Lipinski definition) is 3. The van der Waals surface area contributed by atoms with Crippen LogP contribution in [0.3, 0.4) is 0 Å². The molecule has 1 aliphatic carbocycles. The van der Waals surface area contributed by atoms with Crippen molar-refractivity contribution in [2.75, 3.05) is 26.2 Å². The van der Waals surface area contributed by atoms with Gasteiger partial charge in [0.2, 0.25) is 0 Å². The molecule has 0 aromatic carbocycles. The summed E-state index contributed by atoms with van der Waals surface area (Å²) in [4.78, 5) is 0. The minimum Gasteiger partial charge on any atom is -0.317 e. The van der Waals surface area contributed by atoms with Gasteiger partial charge in [0.1, 0.15) is 0 Å². The van der Waals surface area contributed by atoms with Crippen LogP contribution >= 0.6 is 0 Å². The first-order valence-electron chi connectivity index (χ1n) is 8.04. The van der Waals surface area contributed by atoms with Crippen LogP contribution < -0.4 is 16.0 Å². The van der Waals surface area contributed by atoms with Gasteiger partial charge in [-0.05, 0) is 83.0 Å². The Morgan fingerprint density at radius 1 is 0.667 bits per heavy atom. The molecule has 3 rings (SSSR count). The van der Waals surface area contributed by atoms with Crippen LogP contribution in [0.2, 0.25) is 0 Å². The standard InChI is InChI=1S/C15H29N3/c1-5-15(7-11-17-12-8-15)6-2-13(1)18-14-3-9-16-10-4-14/h13-14,16-18H,1-12H2. The van der Waals surface area contributed by atoms with E-state index in [1.165, 1.54) is 77.5 Å². The van der Waals surface area contributed by atoms with Crippen LogP contribution in [0.15, 0.2) is 0 Å². The summed E-state index contributed by atoms with van der Waals surface area (Å²) in [6, 6.07) is 1.60. The van der Waals surface area contributed by atoms with Crippen LogP contribution in [-0.4, -0.2) is 38.3 Å². The molecule has 3 aliphatic rings. The normalized spacial score (nSPS) is 30.7. The van der Waals surface area contributed by atoms with Crippen molar-refractivity contribution >= 4 is 0 Å². The smallest absolute Gasteiger partial charge is 0.00938 e. The number of hydrogen-bond acceptors (Lipinski definition) is 3. The SMILES string of the molecule is C1CC(NC2CCC3(CCNCC3)CC2)CCN1. The van der Waals surface area contributed by atoms with Crippen LogP contribution in [0, 0.1) is 5.41 Å². The first-order chi connectivity index (χ1) is 8.86. The van der Waals surface area contributed by atoms with E-state index in [1.807, 2.05) is 0 Å². The first kappa shape index (κ1) is 12.9. The molecule has 0 aromatic heterocycles. The molecular formula is C15H29N3. The summed E-state index contributed by atoms with van der Waals surface area (Å²) < 4.78 is 0. The second kappa shape index (κ2) is 5.89. The Labute approximate surface area is 111 Å². The topological polar surface area (TPSA) is 36.1 Å². The average Bonchev–Trinajstić information content (AvgIpc) is 2.44. The van der Waals surface area contributed by atoms with Gasteiger partial charge >= 0.3 is 0 Å². The molecule has 0 amide bonds. The lowest BCUT2D eigenvalue weighted by Crippen LogP contribution is -2.48. The maximum absolute atomic E-state index is 3.92. The Kier molecular flexibility index (Phi) is 4.22. The van der Waals surface area contributed by atoms with Crippen LogP contribution in [0.1, 0.15) is 51.4 Å². The summed E-state index contributed by atoms with van der Waals surface area (Å²) in [5.74, 6) is 0. The molecule has 2 aliphatic heterocycles. The van der Waals surface area contributed by atoms with E-state index >= 15 is 0 Å². The average molecular weight is 251 g/mol. The van der Waals surface area contributed by atoms with Crippen LogP contribution in [-0.2, 0) is 0 Å². The van der Waals surface area contributed by atoms with Gasteiger partial charge < -0.3 is 16.0 Å². The van der Waals surface area contributed by atoms with E-state index in [4.69, 9.17) is 0 Å². The highest BCUT2D eigenvalue weighted by Gasteiger charge is 2.36. The molecule has 3 heteroatoms. The quantitative estimate of drug-likeness (QED) is 0.698. The molecule has 3 N–H and O–H groups in total. The molecule has 3 fully saturated rings. The van der Waals surface area contributed by atoms with Crippen molar-refractivity contribution in [3.05, 3.63) is 0 Å². The molecular weight excluding hydrogens is 222 g/mol. The van der Waals surface area contributed by atoms with Gasteiger partial charge in [-0.3, -0.25) is 0 Å². The maximum Gasteiger partial charge on any atom is 0.00938 e. The molecule has 1 spiro atoms. The summed E-state index contributed by atoms with van der Waals surface area (Å²) >= 11 is 0. The van der Waals surface area contributed by atoms with Gasteiger partial charge in [0.05, 0.1) is 0 Å². The molecule has 3 nitrogen and oxygen atoms in total. The fourth-order valence-electron chi connectivity index (χ4n) is 4.18. The van der Waals surface area contributed by atoms with Gasteiger partial charge in [0.25, 0.3) is 0 Å². The van der Waals surface area contributed by atoms with Gasteiger partial charge in [-0.25, -0.2) is 0 Å². The number of piperidine rings is 2. The van der Waals surface area contributed by atoms with E-state index in [-0.39, 0.29) is 0 Å². The third-order valence-corrected chi connectivity index (χ3v) is 5.52. The molecule has 0 aromatic rings. The number of rotatable bonds is 2. The van der Waals surface area contributed by atoms with Gasteiger partial charge in [-0.15, -0.1) is 0 Å². The summed E-state index contributed by atoms with van der Waals surface area (Å²) in [6.45, 7) is 4.93. The largest absolute Gasteiger partial charge is 0.317 e. The summed E-state index contributed by atoms with van der Waals surface area (Å²) in [6.07, 6.45) is 11.3. The third kappa shape index (κ3) is 3.06. The van der Waals surface area contributed by atoms with Gasteiger partial charge in [-0.2, -0.15) is 0 Å². The number of nitrogens with one attached hydrogen (secondary N) is 3. The van der Waals surface area contributed by atoms with Crippen molar-refractivity contribution in [1.29, 1.82) is 0 Å². The minimum atomic E-state index is 0.720. The molecule has 0 radical (unpaired) electrons. The minimum absolute atomic E-state index is 0.720. The second-order valence-electron chi connectivity index (χ2n) is 6.72. The highest BCUT2D eigenvalue weighted by Crippen LogP contribution is 2.43. The fourth-order valence-corrected chi connectivity index (χ4v) is 4.18. The highest BCUT2D eigenvalue weighted by atomic mass is 15.0. The third-order valence-electron chi connectivity index (χ3n) is 5.52. The van der Waals surface area contributed by atoms with Crippen LogP contribution in [0.4, 0.5) is 0 Å². The van der Waals surface area contributed by atoms with E-state index in [1.54, 1.807) is 0 Å². The van der Waals surface area contributed by atoms with E-state index in [9.17, 15) is 0 Å². The maximum atomic E-state index is 3.92. The molecule has 1 saturated carbocycles. The van der Waals surface area contributed by atoms with Crippen LogP contribution in [0.25, 0.3) is 0 Å². The molecule has 18 heavy (non-hydrogen) atoms. The second-order valence-corrected chi connectivity index (χ2v) is 6.72. The van der Waals surface area contributed by atoms with Gasteiger partial charge in [0.15, 0.2) is 0 Å². The van der Waals surface area contributed by atoms with Crippen LogP contribution in [0.5, 0.6) is 0 Å². The molecule has 104 valence electrons. The lowest BCUT2D eigenvalue weighted by atomic mass is 9.67. The first-order valence-corrected chi connectivity index (χ1v) is 8.04. The summed E-state index contributed by atoms with van der Waals surface area (Å²) in [7, 11) is 0. The van der Waals surface area contributed by atoms with Gasteiger partial charge in [0, 0.05) is 12.1 Å². The summed E-state index contributed by atoms with van der Waals surface area (Å²) in [5.41, 5.74) is 0.720. The lowest BCUT2D eigenvalue weighted by Gasteiger charge is -2.44. The van der Waals surface area contributed by atoms with E-state index < -0.39 is 0 Å². The molecule has 0 atom stereocenters. The predicted octanol–water partition coefficient (Wildman–Crippen LogP) is 1.64. The van der Waals surface area contributed by atoms with Gasteiger partial charge in [-0.1, -0.05) is 0 Å². The Hall–Kier alpha value is -0.120. The Bertz CT molecular complexity index is 244. The molecule has 2 saturated heterocycles. The van der Waals surface area contributed by atoms with Crippen molar-refractivity contribution in [1.82, 2.24) is 16.0 Å². The summed E-state index contributed by atoms with van der Waals surface area (Å²) in [5, 5.41) is 10.9. The zero-order chi connectivity index (χ0) is 12.3. The zero-order valence-electron chi connectivity index (χ0n) is 11.6. The Balaban J connectivity index is 1.44. The monoisotopic (exact) mass is 251 g/mol. The van der Waals surface area contributed by atoms with Crippen molar-refractivity contribution < 1.29 is 0 Å². The lowest BCUT2D eigenvalue weighted by molar-refractivity contribution is 0.110. The fraction of sp³-hybridized carbons (Fsp3) is 1.00. The van der Waals surface area contributed by atoms with Crippen molar-refractivity contribution in [2.24, 2.45) is 5.41 Å². The van der Waals surface area contributed by atoms with E-state index in [0.717, 1.165) is 17.5 Å². The van der Waals surface area contributed by atoms with E-state index in [0.29, 0.717) is 0 Å². The molecule has 0 unspecified atom stereocenters. The molecule has 2 heterocycles. The van der Waals surface area contributed by atoms with Crippen molar-refractivity contribution in [2.45, 2.75) is 63.5 Å². The molecule has 0 bridgehead atoms.